The van der Waals surface area contributed by atoms with Gasteiger partial charge in [-0.1, -0.05) is 11.6 Å². The molecule has 1 aromatic carbocycles. The Labute approximate surface area is 134 Å². The number of benzene rings is 1. The van der Waals surface area contributed by atoms with Gasteiger partial charge in [0.2, 0.25) is 15.9 Å². The van der Waals surface area contributed by atoms with Crippen molar-refractivity contribution in [3.05, 3.63) is 29.3 Å². The van der Waals surface area contributed by atoms with Gasteiger partial charge in [-0.3, -0.25) is 4.79 Å². The molecular weight excluding hydrogens is 328 g/mol. The first-order valence-electron chi connectivity index (χ1n) is 6.99. The van der Waals surface area contributed by atoms with Gasteiger partial charge in [-0.2, -0.15) is 4.31 Å². The maximum absolute atomic E-state index is 12.8. The molecule has 2 aliphatic rings. The first-order chi connectivity index (χ1) is 10.4. The zero-order valence-electron chi connectivity index (χ0n) is 12.1. The number of rotatable bonds is 2. The van der Waals surface area contributed by atoms with Crippen molar-refractivity contribution in [2.75, 3.05) is 33.4 Å². The van der Waals surface area contributed by atoms with Crippen LogP contribution in [0.5, 0.6) is 0 Å². The van der Waals surface area contributed by atoms with Crippen LogP contribution in [0.3, 0.4) is 0 Å². The molecule has 1 amide bonds. The highest BCUT2D eigenvalue weighted by Gasteiger charge is 2.41. The van der Waals surface area contributed by atoms with E-state index in [4.69, 9.17) is 16.3 Å². The predicted molar refractivity (Wildman–Crippen MR) is 81.1 cm³/mol. The minimum atomic E-state index is -3.65. The first-order valence-corrected chi connectivity index (χ1v) is 8.81. The van der Waals surface area contributed by atoms with Crippen molar-refractivity contribution >= 4 is 27.5 Å². The van der Waals surface area contributed by atoms with Gasteiger partial charge in [-0.15, -0.1) is 0 Å². The molecule has 6 nitrogen and oxygen atoms in total. The summed E-state index contributed by atoms with van der Waals surface area (Å²) in [5, 5.41) is 0.481. The van der Waals surface area contributed by atoms with Crippen LogP contribution < -0.4 is 0 Å². The maximum atomic E-state index is 12.8. The normalized spacial score (nSPS) is 26.8. The standard InChI is InChI=1S/C14H17ClN2O4S/c1-16-12-7-17(6-10(14(16)18)8-21-9-12)22(19,20)13-4-2-11(15)3-5-13/h2-5,10,12H,6-9H2,1H3/t10-,12-/m0/s1. The van der Waals surface area contributed by atoms with Gasteiger partial charge in [0, 0.05) is 25.2 Å². The number of nitrogens with zero attached hydrogens (tertiary/aromatic N) is 2. The molecule has 2 saturated heterocycles. The third-order valence-corrected chi connectivity index (χ3v) is 6.26. The summed E-state index contributed by atoms with van der Waals surface area (Å²) in [7, 11) is -1.95. The molecule has 22 heavy (non-hydrogen) atoms. The largest absolute Gasteiger partial charge is 0.378 e. The number of likely N-dealkylation sites (N-methyl/N-ethyl adjacent to an activating group) is 1. The van der Waals surface area contributed by atoms with Crippen molar-refractivity contribution in [1.82, 2.24) is 9.21 Å². The highest BCUT2D eigenvalue weighted by atomic mass is 35.5. The summed E-state index contributed by atoms with van der Waals surface area (Å²) in [6, 6.07) is 5.81. The number of fused-ring (bicyclic) bond motifs is 3. The Hall–Kier alpha value is -1.15. The molecule has 0 saturated carbocycles. The van der Waals surface area contributed by atoms with Crippen LogP contribution in [0.2, 0.25) is 5.02 Å². The molecule has 3 rings (SSSR count). The average Bonchev–Trinajstić information content (AvgIpc) is 2.65. The van der Waals surface area contributed by atoms with Crippen LogP contribution in [0, 0.1) is 5.92 Å². The third-order valence-electron chi connectivity index (χ3n) is 4.16. The molecule has 0 unspecified atom stereocenters. The fourth-order valence-electron chi connectivity index (χ4n) is 2.81. The van der Waals surface area contributed by atoms with Crippen LogP contribution >= 0.6 is 11.6 Å². The van der Waals surface area contributed by atoms with Gasteiger partial charge >= 0.3 is 0 Å². The summed E-state index contributed by atoms with van der Waals surface area (Å²) in [5.41, 5.74) is 0. The minimum Gasteiger partial charge on any atom is -0.378 e. The molecule has 2 fully saturated rings. The van der Waals surface area contributed by atoms with E-state index in [-0.39, 0.29) is 36.5 Å². The third kappa shape index (κ3) is 2.74. The molecule has 2 bridgehead atoms. The fraction of sp³-hybridized carbons (Fsp3) is 0.500. The van der Waals surface area contributed by atoms with E-state index in [2.05, 4.69) is 0 Å². The van der Waals surface area contributed by atoms with E-state index in [1.165, 1.54) is 16.4 Å². The maximum Gasteiger partial charge on any atom is 0.243 e. The fourth-order valence-corrected chi connectivity index (χ4v) is 4.46. The molecular formula is C14H17ClN2O4S. The second kappa shape index (κ2) is 5.81. The van der Waals surface area contributed by atoms with Gasteiger partial charge in [0.1, 0.15) is 0 Å². The Kier molecular flexibility index (Phi) is 4.15. The van der Waals surface area contributed by atoms with Gasteiger partial charge in [-0.25, -0.2) is 8.42 Å². The van der Waals surface area contributed by atoms with Crippen LogP contribution in [-0.4, -0.2) is 62.9 Å². The van der Waals surface area contributed by atoms with Crippen molar-refractivity contribution in [3.8, 4) is 0 Å². The van der Waals surface area contributed by atoms with Gasteiger partial charge < -0.3 is 9.64 Å². The lowest BCUT2D eigenvalue weighted by Crippen LogP contribution is -2.45. The monoisotopic (exact) mass is 344 g/mol. The van der Waals surface area contributed by atoms with E-state index >= 15 is 0 Å². The van der Waals surface area contributed by atoms with Gasteiger partial charge in [0.05, 0.1) is 30.1 Å². The minimum absolute atomic E-state index is 0.0590. The van der Waals surface area contributed by atoms with Crippen molar-refractivity contribution < 1.29 is 17.9 Å². The molecule has 2 heterocycles. The Morgan fingerprint density at radius 1 is 1.18 bits per heavy atom. The topological polar surface area (TPSA) is 66.9 Å². The number of carbonyl (C=O) groups is 1. The summed E-state index contributed by atoms with van der Waals surface area (Å²) >= 11 is 5.81. The molecule has 2 aliphatic heterocycles. The Balaban J connectivity index is 1.94. The molecule has 0 aliphatic carbocycles. The number of ether oxygens (including phenoxy) is 1. The zero-order valence-corrected chi connectivity index (χ0v) is 13.7. The van der Waals surface area contributed by atoms with E-state index in [1.807, 2.05) is 0 Å². The molecule has 8 heteroatoms. The lowest BCUT2D eigenvalue weighted by atomic mass is 10.1. The van der Waals surface area contributed by atoms with Crippen LogP contribution in [-0.2, 0) is 19.6 Å². The van der Waals surface area contributed by atoms with Crippen LogP contribution in [0.4, 0.5) is 0 Å². The van der Waals surface area contributed by atoms with E-state index in [1.54, 1.807) is 24.1 Å². The smallest absolute Gasteiger partial charge is 0.243 e. The molecule has 0 radical (unpaired) electrons. The number of sulfonamides is 1. The Bertz CT molecular complexity index is 677. The zero-order chi connectivity index (χ0) is 15.9. The van der Waals surface area contributed by atoms with Crippen LogP contribution in [0.15, 0.2) is 29.2 Å². The lowest BCUT2D eigenvalue weighted by Gasteiger charge is -2.28. The van der Waals surface area contributed by atoms with E-state index in [9.17, 15) is 13.2 Å². The van der Waals surface area contributed by atoms with Gasteiger partial charge in [0.15, 0.2) is 0 Å². The Morgan fingerprint density at radius 2 is 1.86 bits per heavy atom. The molecule has 2 atom stereocenters. The van der Waals surface area contributed by atoms with E-state index in [0.29, 0.717) is 11.6 Å². The molecule has 1 aromatic rings. The van der Waals surface area contributed by atoms with Crippen molar-refractivity contribution in [2.45, 2.75) is 10.9 Å². The van der Waals surface area contributed by atoms with E-state index < -0.39 is 15.9 Å². The molecule has 0 spiro atoms. The lowest BCUT2D eigenvalue weighted by molar-refractivity contribution is -0.133. The SMILES string of the molecule is CN1C(=O)[C@@H]2COC[C@@H]1CN(S(=O)(=O)c1ccc(Cl)cc1)C2. The summed E-state index contributed by atoms with van der Waals surface area (Å²) < 4.78 is 32.5. The predicted octanol–water partition coefficient (Wildman–Crippen LogP) is 0.818. The molecule has 120 valence electrons. The number of hydrogen-bond donors (Lipinski definition) is 0. The van der Waals surface area contributed by atoms with Gasteiger partial charge in [0.25, 0.3) is 0 Å². The average molecular weight is 345 g/mol. The molecule has 0 N–H and O–H groups in total. The molecule has 0 aromatic heterocycles. The summed E-state index contributed by atoms with van der Waals surface area (Å²) in [4.78, 5) is 14.1. The Morgan fingerprint density at radius 3 is 2.55 bits per heavy atom. The second-order valence-corrected chi connectivity index (χ2v) is 7.99. The first kappa shape index (κ1) is 15.7. The van der Waals surface area contributed by atoms with E-state index in [0.717, 1.165) is 0 Å². The van der Waals surface area contributed by atoms with Crippen molar-refractivity contribution in [2.24, 2.45) is 5.92 Å². The highest BCUT2D eigenvalue weighted by Crippen LogP contribution is 2.25. The highest BCUT2D eigenvalue weighted by molar-refractivity contribution is 7.89. The van der Waals surface area contributed by atoms with Crippen LogP contribution in [0.25, 0.3) is 0 Å². The number of halogens is 1. The summed E-state index contributed by atoms with van der Waals surface area (Å²) in [5.74, 6) is -0.518. The second-order valence-electron chi connectivity index (χ2n) is 5.61. The summed E-state index contributed by atoms with van der Waals surface area (Å²) in [6.45, 7) is 0.992. The van der Waals surface area contributed by atoms with Crippen molar-refractivity contribution in [1.29, 1.82) is 0 Å². The van der Waals surface area contributed by atoms with Gasteiger partial charge in [-0.05, 0) is 24.3 Å². The number of carbonyl (C=O) groups excluding carboxylic acids is 1. The quantitative estimate of drug-likeness (QED) is 0.796. The van der Waals surface area contributed by atoms with Crippen LogP contribution in [0.1, 0.15) is 0 Å². The number of hydrogen-bond acceptors (Lipinski definition) is 4. The van der Waals surface area contributed by atoms with Crippen molar-refractivity contribution in [3.63, 3.8) is 0 Å². The number of amides is 1. The summed E-state index contributed by atoms with van der Waals surface area (Å²) in [6.07, 6.45) is 0.